The van der Waals surface area contributed by atoms with Crippen LogP contribution in [0.25, 0.3) is 0 Å². The maximum atomic E-state index is 13.4. The van der Waals surface area contributed by atoms with Gasteiger partial charge in [-0.15, -0.1) is 0 Å². The second-order valence-electron chi connectivity index (χ2n) is 4.54. The lowest BCUT2D eigenvalue weighted by atomic mass is 10.1. The van der Waals surface area contributed by atoms with Gasteiger partial charge in [-0.3, -0.25) is 4.79 Å². The van der Waals surface area contributed by atoms with E-state index < -0.39 is 11.7 Å². The van der Waals surface area contributed by atoms with E-state index in [1.807, 2.05) is 32.0 Å². The molecule has 0 saturated carbocycles. The molecule has 1 N–H and O–H groups in total. The van der Waals surface area contributed by atoms with Gasteiger partial charge in [0.2, 0.25) is 0 Å². The van der Waals surface area contributed by atoms with Crippen molar-refractivity contribution in [2.45, 2.75) is 13.8 Å². The zero-order valence-electron chi connectivity index (χ0n) is 11.4. The van der Waals surface area contributed by atoms with E-state index in [-0.39, 0.29) is 5.56 Å². The van der Waals surface area contributed by atoms with Gasteiger partial charge in [0.15, 0.2) is 0 Å². The van der Waals surface area contributed by atoms with Crippen LogP contribution in [0, 0.1) is 19.7 Å². The van der Waals surface area contributed by atoms with E-state index in [1.54, 1.807) is 12.3 Å². The highest BCUT2D eigenvalue weighted by molar-refractivity contribution is 5.95. The summed E-state index contributed by atoms with van der Waals surface area (Å²) in [5.41, 5.74) is 5.38. The third kappa shape index (κ3) is 3.29. The van der Waals surface area contributed by atoms with Gasteiger partial charge in [0.25, 0.3) is 5.91 Å². The predicted octanol–water partition coefficient (Wildman–Crippen LogP) is 3.21. The largest absolute Gasteiger partial charge is 0.274 e. The molecule has 2 aromatic carbocycles. The van der Waals surface area contributed by atoms with Gasteiger partial charge in [0, 0.05) is 0 Å². The molecule has 102 valence electrons. The molecule has 20 heavy (non-hydrogen) atoms. The number of hydrogen-bond donors (Lipinski definition) is 1. The molecule has 1 amide bonds. The van der Waals surface area contributed by atoms with Crippen molar-refractivity contribution in [3.8, 4) is 0 Å². The molecule has 0 aliphatic heterocycles. The van der Waals surface area contributed by atoms with Crippen molar-refractivity contribution in [2.75, 3.05) is 0 Å². The summed E-state index contributed by atoms with van der Waals surface area (Å²) in [5, 5.41) is 3.87. The maximum absolute atomic E-state index is 13.4. The van der Waals surface area contributed by atoms with E-state index in [9.17, 15) is 9.18 Å². The Hall–Kier alpha value is -2.49. The SMILES string of the molecule is Cc1ccc(C)c(/C=N\NC(=O)c2ccccc2F)c1. The summed E-state index contributed by atoms with van der Waals surface area (Å²) in [4.78, 5) is 11.7. The second kappa shape index (κ2) is 6.10. The van der Waals surface area contributed by atoms with Gasteiger partial charge >= 0.3 is 0 Å². The number of hydrogen-bond acceptors (Lipinski definition) is 2. The summed E-state index contributed by atoms with van der Waals surface area (Å²) in [6.45, 7) is 3.94. The van der Waals surface area contributed by atoms with E-state index >= 15 is 0 Å². The number of carbonyl (C=O) groups excluding carboxylic acids is 1. The Morgan fingerprint density at radius 2 is 1.95 bits per heavy atom. The number of amides is 1. The van der Waals surface area contributed by atoms with E-state index in [0.29, 0.717) is 0 Å². The molecule has 0 heterocycles. The van der Waals surface area contributed by atoms with Crippen molar-refractivity contribution < 1.29 is 9.18 Å². The first-order valence-corrected chi connectivity index (χ1v) is 6.23. The van der Waals surface area contributed by atoms with E-state index in [0.717, 1.165) is 16.7 Å². The summed E-state index contributed by atoms with van der Waals surface area (Å²) in [7, 11) is 0. The van der Waals surface area contributed by atoms with Crippen LogP contribution in [0.15, 0.2) is 47.6 Å². The Balaban J connectivity index is 2.09. The lowest BCUT2D eigenvalue weighted by Crippen LogP contribution is -2.19. The van der Waals surface area contributed by atoms with Crippen LogP contribution in [0.1, 0.15) is 27.0 Å². The summed E-state index contributed by atoms with van der Waals surface area (Å²) < 4.78 is 13.4. The minimum atomic E-state index is -0.565. The smallest absolute Gasteiger partial charge is 0.267 e. The fourth-order valence-electron chi connectivity index (χ4n) is 1.77. The molecule has 0 aliphatic rings. The first kappa shape index (κ1) is 13.9. The Morgan fingerprint density at radius 3 is 2.70 bits per heavy atom. The molecule has 0 saturated heterocycles. The maximum Gasteiger partial charge on any atom is 0.274 e. The Morgan fingerprint density at radius 1 is 1.20 bits per heavy atom. The fourth-order valence-corrected chi connectivity index (χ4v) is 1.77. The van der Waals surface area contributed by atoms with Crippen molar-refractivity contribution in [1.29, 1.82) is 0 Å². The highest BCUT2D eigenvalue weighted by Crippen LogP contribution is 2.08. The van der Waals surface area contributed by atoms with Crippen molar-refractivity contribution in [3.63, 3.8) is 0 Å². The molecule has 0 aliphatic carbocycles. The number of halogens is 1. The van der Waals surface area contributed by atoms with Crippen molar-refractivity contribution in [1.82, 2.24) is 5.43 Å². The molecule has 0 aromatic heterocycles. The molecule has 2 aromatic rings. The fraction of sp³-hybridized carbons (Fsp3) is 0.125. The standard InChI is InChI=1S/C16H15FN2O/c1-11-7-8-12(2)13(9-11)10-18-19-16(20)14-5-3-4-6-15(14)17/h3-10H,1-2H3,(H,19,20)/b18-10-. The van der Waals surface area contributed by atoms with Crippen LogP contribution in [-0.2, 0) is 0 Å². The molecule has 0 radical (unpaired) electrons. The summed E-state index contributed by atoms with van der Waals surface area (Å²) in [5.74, 6) is -1.13. The summed E-state index contributed by atoms with van der Waals surface area (Å²) >= 11 is 0. The normalized spacial score (nSPS) is 10.8. The van der Waals surface area contributed by atoms with Crippen molar-refractivity contribution >= 4 is 12.1 Å². The van der Waals surface area contributed by atoms with Crippen LogP contribution < -0.4 is 5.43 Å². The van der Waals surface area contributed by atoms with Crippen LogP contribution in [0.5, 0.6) is 0 Å². The Labute approximate surface area is 117 Å². The predicted molar refractivity (Wildman–Crippen MR) is 77.4 cm³/mol. The topological polar surface area (TPSA) is 41.5 Å². The van der Waals surface area contributed by atoms with Gasteiger partial charge < -0.3 is 0 Å². The quantitative estimate of drug-likeness (QED) is 0.675. The van der Waals surface area contributed by atoms with Crippen LogP contribution in [-0.4, -0.2) is 12.1 Å². The molecule has 0 atom stereocenters. The molecular weight excluding hydrogens is 255 g/mol. The number of aryl methyl sites for hydroxylation is 2. The van der Waals surface area contributed by atoms with E-state index in [4.69, 9.17) is 0 Å². The zero-order chi connectivity index (χ0) is 14.5. The molecule has 0 fully saturated rings. The molecule has 0 unspecified atom stereocenters. The van der Waals surface area contributed by atoms with Gasteiger partial charge in [-0.05, 0) is 37.1 Å². The summed E-state index contributed by atoms with van der Waals surface area (Å²) in [6.07, 6.45) is 1.56. The third-order valence-electron chi connectivity index (χ3n) is 2.92. The van der Waals surface area contributed by atoms with Crippen LogP contribution >= 0.6 is 0 Å². The van der Waals surface area contributed by atoms with Gasteiger partial charge in [0.05, 0.1) is 11.8 Å². The second-order valence-corrected chi connectivity index (χ2v) is 4.54. The van der Waals surface area contributed by atoms with Crippen LogP contribution in [0.3, 0.4) is 0 Å². The Kier molecular flexibility index (Phi) is 4.25. The van der Waals surface area contributed by atoms with E-state index in [1.165, 1.54) is 18.2 Å². The monoisotopic (exact) mass is 270 g/mol. The number of hydrazone groups is 1. The minimum Gasteiger partial charge on any atom is -0.267 e. The lowest BCUT2D eigenvalue weighted by molar-refractivity contribution is 0.0951. The number of carbonyl (C=O) groups is 1. The lowest BCUT2D eigenvalue weighted by Gasteiger charge is -2.03. The van der Waals surface area contributed by atoms with Crippen molar-refractivity contribution in [2.24, 2.45) is 5.10 Å². The number of benzene rings is 2. The molecule has 4 heteroatoms. The highest BCUT2D eigenvalue weighted by atomic mass is 19.1. The van der Waals surface area contributed by atoms with E-state index in [2.05, 4.69) is 10.5 Å². The van der Waals surface area contributed by atoms with Gasteiger partial charge in [-0.2, -0.15) is 5.10 Å². The number of rotatable bonds is 3. The Bertz CT molecular complexity index is 665. The molecule has 3 nitrogen and oxygen atoms in total. The van der Waals surface area contributed by atoms with Crippen LogP contribution in [0.2, 0.25) is 0 Å². The highest BCUT2D eigenvalue weighted by Gasteiger charge is 2.09. The van der Waals surface area contributed by atoms with Gasteiger partial charge in [-0.1, -0.05) is 35.9 Å². The molecule has 0 spiro atoms. The van der Waals surface area contributed by atoms with Gasteiger partial charge in [0.1, 0.15) is 5.82 Å². The van der Waals surface area contributed by atoms with Gasteiger partial charge in [-0.25, -0.2) is 9.82 Å². The average molecular weight is 270 g/mol. The minimum absolute atomic E-state index is 0.0226. The zero-order valence-corrected chi connectivity index (χ0v) is 11.4. The number of nitrogens with zero attached hydrogens (tertiary/aromatic N) is 1. The molecule has 0 bridgehead atoms. The van der Waals surface area contributed by atoms with Crippen molar-refractivity contribution in [3.05, 3.63) is 70.5 Å². The molecular formula is C16H15FN2O. The average Bonchev–Trinajstić information content (AvgIpc) is 2.43. The first-order chi connectivity index (χ1) is 9.58. The summed E-state index contributed by atoms with van der Waals surface area (Å²) in [6, 6.07) is 11.7. The molecule has 2 rings (SSSR count). The van der Waals surface area contributed by atoms with Crippen LogP contribution in [0.4, 0.5) is 4.39 Å². The third-order valence-corrected chi connectivity index (χ3v) is 2.92. The number of nitrogens with one attached hydrogen (secondary N) is 1. The first-order valence-electron chi connectivity index (χ1n) is 6.23.